The number of anilines is 1. The minimum absolute atomic E-state index is 0.0549. The van der Waals surface area contributed by atoms with Gasteiger partial charge in [-0.2, -0.15) is 10.1 Å². The number of nitrogens with zero attached hydrogens (tertiary/aromatic N) is 5. The zero-order valence-corrected chi connectivity index (χ0v) is 15.5. The Hall–Kier alpha value is -2.81. The van der Waals surface area contributed by atoms with Gasteiger partial charge in [-0.25, -0.2) is 14.4 Å². The van der Waals surface area contributed by atoms with E-state index in [1.54, 1.807) is 18.5 Å². The van der Waals surface area contributed by atoms with Gasteiger partial charge in [0.1, 0.15) is 0 Å². The third kappa shape index (κ3) is 3.05. The molecule has 3 atom stereocenters. The van der Waals surface area contributed by atoms with Crippen LogP contribution in [0.2, 0.25) is 5.28 Å². The predicted molar refractivity (Wildman–Crippen MR) is 101 cm³/mol. The third-order valence-corrected chi connectivity index (χ3v) is 5.87. The average molecular weight is 402 g/mol. The number of aromatic amines is 1. The van der Waals surface area contributed by atoms with Crippen molar-refractivity contribution in [3.05, 3.63) is 41.3 Å². The lowest BCUT2D eigenvalue weighted by Gasteiger charge is -2.21. The van der Waals surface area contributed by atoms with Crippen molar-refractivity contribution in [3.63, 3.8) is 0 Å². The molecule has 28 heavy (non-hydrogen) atoms. The Bertz CT molecular complexity index is 1050. The summed E-state index contributed by atoms with van der Waals surface area (Å²) in [6.07, 6.45) is 5.20. The van der Waals surface area contributed by atoms with E-state index in [1.807, 2.05) is 4.90 Å². The van der Waals surface area contributed by atoms with Gasteiger partial charge in [-0.1, -0.05) is 0 Å². The van der Waals surface area contributed by atoms with Gasteiger partial charge in [-0.15, -0.1) is 0 Å². The number of carbonyl (C=O) groups excluding carboxylic acids is 1. The quantitative estimate of drug-likeness (QED) is 0.635. The molecule has 2 aliphatic rings. The molecule has 1 saturated heterocycles. The molecule has 0 spiro atoms. The Morgan fingerprint density at radius 1 is 1.29 bits per heavy atom. The number of rotatable bonds is 5. The summed E-state index contributed by atoms with van der Waals surface area (Å²) >= 11 is 5.78. The van der Waals surface area contributed by atoms with E-state index >= 15 is 0 Å². The second kappa shape index (κ2) is 6.66. The fourth-order valence-corrected chi connectivity index (χ4v) is 4.35. The SMILES string of the molecule is O=C(NCC[C@@H]1[C@H]2CN(c3nc(Cl)ncc3F)C[C@@H]12)c1cnc2[nH]ncc2c1. The van der Waals surface area contributed by atoms with Gasteiger partial charge in [0.05, 0.1) is 18.0 Å². The Morgan fingerprint density at radius 2 is 2.11 bits per heavy atom. The molecule has 1 saturated carbocycles. The second-order valence-corrected chi connectivity index (χ2v) is 7.62. The van der Waals surface area contributed by atoms with Crippen molar-refractivity contribution in [1.29, 1.82) is 0 Å². The largest absolute Gasteiger partial charge is 0.353 e. The fraction of sp³-hybridized carbons (Fsp3) is 0.389. The molecule has 2 fully saturated rings. The highest BCUT2D eigenvalue weighted by atomic mass is 35.5. The van der Waals surface area contributed by atoms with E-state index in [0.717, 1.165) is 31.1 Å². The summed E-state index contributed by atoms with van der Waals surface area (Å²) in [5, 5.41) is 10.5. The second-order valence-electron chi connectivity index (χ2n) is 7.28. The molecule has 3 aromatic heterocycles. The first kappa shape index (κ1) is 17.3. The summed E-state index contributed by atoms with van der Waals surface area (Å²) in [4.78, 5) is 26.1. The smallest absolute Gasteiger partial charge is 0.252 e. The Labute approximate surface area is 164 Å². The minimum atomic E-state index is -0.447. The molecule has 0 aromatic carbocycles. The summed E-state index contributed by atoms with van der Waals surface area (Å²) in [5.41, 5.74) is 1.18. The molecule has 10 heteroatoms. The number of pyridine rings is 1. The number of piperidine rings is 1. The van der Waals surface area contributed by atoms with Crippen molar-refractivity contribution < 1.29 is 9.18 Å². The lowest BCUT2D eigenvalue weighted by Crippen LogP contribution is -2.28. The van der Waals surface area contributed by atoms with Crippen molar-refractivity contribution in [1.82, 2.24) is 30.5 Å². The summed E-state index contributed by atoms with van der Waals surface area (Å²) in [6, 6.07) is 1.77. The van der Waals surface area contributed by atoms with Gasteiger partial charge in [0.2, 0.25) is 5.28 Å². The van der Waals surface area contributed by atoms with E-state index < -0.39 is 5.82 Å². The molecule has 1 aliphatic heterocycles. The Kier molecular flexibility index (Phi) is 4.12. The van der Waals surface area contributed by atoms with Crippen LogP contribution in [0, 0.1) is 23.6 Å². The summed E-state index contributed by atoms with van der Waals surface area (Å²) in [5.74, 6) is 1.26. The molecule has 5 rings (SSSR count). The molecular formula is C18H17ClFN7O. The van der Waals surface area contributed by atoms with Gasteiger partial charge < -0.3 is 10.2 Å². The van der Waals surface area contributed by atoms with E-state index in [-0.39, 0.29) is 17.0 Å². The maximum Gasteiger partial charge on any atom is 0.252 e. The van der Waals surface area contributed by atoms with Crippen molar-refractivity contribution >= 4 is 34.4 Å². The van der Waals surface area contributed by atoms with Crippen molar-refractivity contribution in [3.8, 4) is 0 Å². The van der Waals surface area contributed by atoms with Crippen LogP contribution in [0.25, 0.3) is 11.0 Å². The maximum atomic E-state index is 13.9. The maximum absolute atomic E-state index is 13.9. The molecule has 0 unspecified atom stereocenters. The van der Waals surface area contributed by atoms with Crippen LogP contribution in [0.5, 0.6) is 0 Å². The zero-order chi connectivity index (χ0) is 19.3. The standard InChI is InChI=1S/C18H17ClFN7O/c19-18-23-6-14(20)16(25-18)27-7-12-11(13(12)8-27)1-2-21-17(28)10-3-9-5-24-26-15(9)22-4-10/h3-6,11-13H,1-2,7-8H2,(H,21,28)(H,22,24,26)/t11-,12-,13+. The van der Waals surface area contributed by atoms with Gasteiger partial charge in [0.25, 0.3) is 5.91 Å². The van der Waals surface area contributed by atoms with Crippen molar-refractivity contribution in [2.45, 2.75) is 6.42 Å². The van der Waals surface area contributed by atoms with Crippen molar-refractivity contribution in [2.75, 3.05) is 24.5 Å². The molecule has 1 amide bonds. The molecular weight excluding hydrogens is 385 g/mol. The van der Waals surface area contributed by atoms with Crippen LogP contribution < -0.4 is 10.2 Å². The number of aromatic nitrogens is 5. The van der Waals surface area contributed by atoms with E-state index in [9.17, 15) is 9.18 Å². The van der Waals surface area contributed by atoms with Gasteiger partial charge in [-0.05, 0) is 41.8 Å². The van der Waals surface area contributed by atoms with Crippen LogP contribution in [0.4, 0.5) is 10.2 Å². The van der Waals surface area contributed by atoms with Crippen LogP contribution in [0.1, 0.15) is 16.8 Å². The number of fused-ring (bicyclic) bond motifs is 2. The van der Waals surface area contributed by atoms with E-state index in [1.165, 1.54) is 0 Å². The summed E-state index contributed by atoms with van der Waals surface area (Å²) in [6.45, 7) is 2.12. The number of H-pyrrole nitrogens is 1. The lowest BCUT2D eigenvalue weighted by atomic mass is 10.2. The highest BCUT2D eigenvalue weighted by molar-refractivity contribution is 6.28. The van der Waals surface area contributed by atoms with Gasteiger partial charge >= 0.3 is 0 Å². The van der Waals surface area contributed by atoms with Crippen molar-refractivity contribution in [2.24, 2.45) is 17.8 Å². The average Bonchev–Trinajstić information content (AvgIpc) is 3.08. The number of carbonyl (C=O) groups is 1. The van der Waals surface area contributed by atoms with Crippen LogP contribution in [0.3, 0.4) is 0 Å². The molecule has 3 aromatic rings. The molecule has 1 aliphatic carbocycles. The summed E-state index contributed by atoms with van der Waals surface area (Å²) < 4.78 is 13.9. The number of halogens is 2. The number of hydrogen-bond donors (Lipinski definition) is 2. The number of nitrogens with one attached hydrogen (secondary N) is 2. The lowest BCUT2D eigenvalue weighted by molar-refractivity contribution is 0.0952. The first-order chi connectivity index (χ1) is 13.6. The topological polar surface area (TPSA) is 99.7 Å². The highest BCUT2D eigenvalue weighted by Crippen LogP contribution is 2.54. The van der Waals surface area contributed by atoms with E-state index in [4.69, 9.17) is 11.6 Å². The fourth-order valence-electron chi connectivity index (χ4n) is 4.22. The normalized spacial score (nSPS) is 23.1. The first-order valence-corrected chi connectivity index (χ1v) is 9.48. The van der Waals surface area contributed by atoms with E-state index in [0.29, 0.717) is 35.5 Å². The van der Waals surface area contributed by atoms with Gasteiger partial charge in [-0.3, -0.25) is 9.89 Å². The Balaban J connectivity index is 1.12. The van der Waals surface area contributed by atoms with Crippen LogP contribution in [0.15, 0.2) is 24.7 Å². The molecule has 0 radical (unpaired) electrons. The Morgan fingerprint density at radius 3 is 2.93 bits per heavy atom. The predicted octanol–water partition coefficient (Wildman–Crippen LogP) is 2.04. The molecule has 8 nitrogen and oxygen atoms in total. The van der Waals surface area contributed by atoms with Crippen LogP contribution in [-0.4, -0.2) is 50.7 Å². The zero-order valence-electron chi connectivity index (χ0n) is 14.8. The number of hydrogen-bond acceptors (Lipinski definition) is 6. The molecule has 0 bridgehead atoms. The first-order valence-electron chi connectivity index (χ1n) is 9.10. The summed E-state index contributed by atoms with van der Waals surface area (Å²) in [7, 11) is 0. The number of amides is 1. The van der Waals surface area contributed by atoms with Crippen LogP contribution >= 0.6 is 11.6 Å². The monoisotopic (exact) mass is 401 g/mol. The van der Waals surface area contributed by atoms with Gasteiger partial charge in [0.15, 0.2) is 17.3 Å². The highest BCUT2D eigenvalue weighted by Gasteiger charge is 2.55. The molecule has 144 valence electrons. The van der Waals surface area contributed by atoms with Gasteiger partial charge in [0, 0.05) is 31.2 Å². The molecule has 4 heterocycles. The van der Waals surface area contributed by atoms with Crippen LogP contribution in [-0.2, 0) is 0 Å². The third-order valence-electron chi connectivity index (χ3n) is 5.68. The minimum Gasteiger partial charge on any atom is -0.353 e. The van der Waals surface area contributed by atoms with E-state index in [2.05, 4.69) is 30.5 Å². The molecule has 2 N–H and O–H groups in total.